The molecule has 1 aromatic carbocycles. The molecule has 2 saturated carbocycles. The van der Waals surface area contributed by atoms with Crippen LogP contribution in [-0.2, 0) is 6.42 Å². The Morgan fingerprint density at radius 1 is 1.17 bits per heavy atom. The number of fused-ring (bicyclic) bond motifs is 5. The zero-order valence-corrected chi connectivity index (χ0v) is 14.3. The summed E-state index contributed by atoms with van der Waals surface area (Å²) in [5, 5.41) is 20.7. The largest absolute Gasteiger partial charge is 0.507 e. The maximum atomic E-state index is 10.5. The fraction of sp³-hybridized carbons (Fsp3) is 0.619. The lowest BCUT2D eigenvalue weighted by Gasteiger charge is -2.50. The van der Waals surface area contributed by atoms with Crippen LogP contribution in [0.15, 0.2) is 18.2 Å². The van der Waals surface area contributed by atoms with E-state index < -0.39 is 0 Å². The van der Waals surface area contributed by atoms with Gasteiger partial charge in [0.2, 0.25) is 0 Å². The molecule has 0 heterocycles. The molecule has 0 saturated heterocycles. The van der Waals surface area contributed by atoms with E-state index >= 15 is 0 Å². The van der Waals surface area contributed by atoms with Gasteiger partial charge in [-0.25, -0.2) is 0 Å². The number of aliphatic hydroxyl groups excluding tert-OH is 1. The molecule has 0 aromatic heterocycles. The van der Waals surface area contributed by atoms with Crippen LogP contribution in [0.5, 0.6) is 5.75 Å². The number of phenols is 1. The topological polar surface area (TPSA) is 40.5 Å². The second kappa shape index (κ2) is 5.37. The van der Waals surface area contributed by atoms with Crippen LogP contribution in [-0.4, -0.2) is 16.3 Å². The summed E-state index contributed by atoms with van der Waals surface area (Å²) in [6.45, 7) is 4.32. The van der Waals surface area contributed by atoms with E-state index in [1.807, 2.05) is 25.1 Å². The lowest BCUT2D eigenvalue weighted by atomic mass is 9.55. The van der Waals surface area contributed by atoms with E-state index in [-0.39, 0.29) is 11.5 Å². The van der Waals surface area contributed by atoms with E-state index in [1.54, 1.807) is 0 Å². The van der Waals surface area contributed by atoms with Gasteiger partial charge in [-0.2, -0.15) is 0 Å². The van der Waals surface area contributed by atoms with Gasteiger partial charge in [-0.3, -0.25) is 0 Å². The molecule has 1 aromatic rings. The lowest BCUT2D eigenvalue weighted by molar-refractivity contribution is -0.0226. The summed E-state index contributed by atoms with van der Waals surface area (Å²) in [7, 11) is 0. The van der Waals surface area contributed by atoms with E-state index in [1.165, 1.54) is 30.4 Å². The molecule has 2 fully saturated rings. The van der Waals surface area contributed by atoms with Gasteiger partial charge in [-0.15, -0.1) is 0 Å². The molecule has 2 heteroatoms. The molecule has 124 valence electrons. The van der Waals surface area contributed by atoms with Gasteiger partial charge in [0, 0.05) is 5.56 Å². The van der Waals surface area contributed by atoms with Crippen LogP contribution >= 0.6 is 0 Å². The number of aliphatic hydroxyl groups is 1. The van der Waals surface area contributed by atoms with Crippen LogP contribution in [0.2, 0.25) is 0 Å². The number of allylic oxidation sites excluding steroid dienone is 1. The molecule has 0 radical (unpaired) electrons. The normalized spacial score (nSPS) is 39.1. The van der Waals surface area contributed by atoms with Gasteiger partial charge in [0.15, 0.2) is 0 Å². The van der Waals surface area contributed by atoms with E-state index in [4.69, 9.17) is 0 Å². The van der Waals surface area contributed by atoms with Crippen molar-refractivity contribution >= 4 is 6.08 Å². The molecule has 0 bridgehead atoms. The molecule has 0 amide bonds. The first-order valence-electron chi connectivity index (χ1n) is 9.21. The van der Waals surface area contributed by atoms with Crippen LogP contribution in [0.1, 0.15) is 68.6 Å². The predicted molar refractivity (Wildman–Crippen MR) is 93.4 cm³/mol. The molecule has 3 aliphatic carbocycles. The second-order valence-corrected chi connectivity index (χ2v) is 8.16. The Bertz CT molecular complexity index is 647. The molecule has 0 aliphatic heterocycles. The Morgan fingerprint density at radius 3 is 2.78 bits per heavy atom. The van der Waals surface area contributed by atoms with Crippen LogP contribution in [0.4, 0.5) is 0 Å². The summed E-state index contributed by atoms with van der Waals surface area (Å²) in [6.07, 6.45) is 10.7. The number of aryl methyl sites for hydroxylation is 1. The van der Waals surface area contributed by atoms with E-state index in [9.17, 15) is 10.2 Å². The van der Waals surface area contributed by atoms with Gasteiger partial charge in [0.25, 0.3) is 0 Å². The minimum absolute atomic E-state index is 0.103. The Kier molecular flexibility index (Phi) is 3.57. The van der Waals surface area contributed by atoms with Crippen molar-refractivity contribution in [2.75, 3.05) is 0 Å². The Balaban J connectivity index is 1.73. The average Bonchev–Trinajstić information content (AvgIpc) is 2.84. The molecule has 0 spiro atoms. The maximum Gasteiger partial charge on any atom is 0.123 e. The number of hydrogen-bond acceptors (Lipinski definition) is 2. The van der Waals surface area contributed by atoms with Crippen LogP contribution < -0.4 is 0 Å². The minimum atomic E-state index is -0.103. The van der Waals surface area contributed by atoms with Gasteiger partial charge in [0.05, 0.1) is 6.10 Å². The number of benzene rings is 1. The number of hydrogen-bond donors (Lipinski definition) is 2. The molecule has 23 heavy (non-hydrogen) atoms. The number of aromatic hydroxyl groups is 1. The molecule has 2 N–H and O–H groups in total. The van der Waals surface area contributed by atoms with Gasteiger partial charge < -0.3 is 10.2 Å². The summed E-state index contributed by atoms with van der Waals surface area (Å²) < 4.78 is 0. The highest BCUT2D eigenvalue weighted by Gasteiger charge is 2.54. The fourth-order valence-electron chi connectivity index (χ4n) is 5.91. The quantitative estimate of drug-likeness (QED) is 0.793. The Labute approximate surface area is 139 Å². The number of rotatable bonds is 1. The molecule has 2 nitrogen and oxygen atoms in total. The minimum Gasteiger partial charge on any atom is -0.507 e. The molecule has 3 unspecified atom stereocenters. The van der Waals surface area contributed by atoms with E-state index in [2.05, 4.69) is 13.0 Å². The SMILES string of the molecule is C/C=C\c1cc2c(cc1O)CCC1C2CC[C@@]2(C)C1CC[C@@H]2O. The van der Waals surface area contributed by atoms with Crippen LogP contribution in [0.3, 0.4) is 0 Å². The third-order valence-electron chi connectivity index (χ3n) is 7.17. The first-order valence-corrected chi connectivity index (χ1v) is 9.21. The highest BCUT2D eigenvalue weighted by atomic mass is 16.3. The van der Waals surface area contributed by atoms with Crippen molar-refractivity contribution in [3.05, 3.63) is 34.9 Å². The summed E-state index contributed by atoms with van der Waals surface area (Å²) in [6, 6.07) is 4.23. The fourth-order valence-corrected chi connectivity index (χ4v) is 5.91. The molecule has 4 rings (SSSR count). The summed E-state index contributed by atoms with van der Waals surface area (Å²) in [5.41, 5.74) is 3.91. The van der Waals surface area contributed by atoms with E-state index in [0.29, 0.717) is 23.5 Å². The molecular weight excluding hydrogens is 284 g/mol. The average molecular weight is 312 g/mol. The Hall–Kier alpha value is -1.28. The predicted octanol–water partition coefficient (Wildman–Crippen LogP) is 4.64. The smallest absolute Gasteiger partial charge is 0.123 e. The third-order valence-corrected chi connectivity index (χ3v) is 7.17. The van der Waals surface area contributed by atoms with Crippen LogP contribution in [0, 0.1) is 17.3 Å². The number of phenolic OH excluding ortho intramolecular Hbond substituents is 1. The first-order chi connectivity index (χ1) is 11.0. The van der Waals surface area contributed by atoms with Crippen LogP contribution in [0.25, 0.3) is 6.08 Å². The Morgan fingerprint density at radius 2 is 2.00 bits per heavy atom. The van der Waals surface area contributed by atoms with Gasteiger partial charge in [-0.1, -0.05) is 19.1 Å². The highest BCUT2D eigenvalue weighted by molar-refractivity contribution is 5.60. The maximum absolute atomic E-state index is 10.5. The molecular formula is C21H28O2. The summed E-state index contributed by atoms with van der Waals surface area (Å²) in [4.78, 5) is 0. The summed E-state index contributed by atoms with van der Waals surface area (Å²) >= 11 is 0. The first kappa shape index (κ1) is 15.3. The van der Waals surface area contributed by atoms with Crippen molar-refractivity contribution in [1.29, 1.82) is 0 Å². The molecule has 5 atom stereocenters. The third kappa shape index (κ3) is 2.18. The lowest BCUT2D eigenvalue weighted by Crippen LogP contribution is -2.43. The molecule has 3 aliphatic rings. The van der Waals surface area contributed by atoms with E-state index in [0.717, 1.165) is 24.8 Å². The van der Waals surface area contributed by atoms with Gasteiger partial charge in [0.1, 0.15) is 5.75 Å². The van der Waals surface area contributed by atoms with Crippen molar-refractivity contribution in [3.8, 4) is 5.75 Å². The monoisotopic (exact) mass is 312 g/mol. The van der Waals surface area contributed by atoms with Crippen molar-refractivity contribution in [3.63, 3.8) is 0 Å². The van der Waals surface area contributed by atoms with Crippen molar-refractivity contribution in [2.24, 2.45) is 17.3 Å². The van der Waals surface area contributed by atoms with Gasteiger partial charge >= 0.3 is 0 Å². The van der Waals surface area contributed by atoms with Crippen molar-refractivity contribution in [2.45, 2.75) is 64.4 Å². The van der Waals surface area contributed by atoms with Gasteiger partial charge in [-0.05, 0) is 91.9 Å². The zero-order valence-electron chi connectivity index (χ0n) is 14.3. The summed E-state index contributed by atoms with van der Waals surface area (Å²) in [5.74, 6) is 2.41. The van der Waals surface area contributed by atoms with Crippen molar-refractivity contribution in [1.82, 2.24) is 0 Å². The van der Waals surface area contributed by atoms with Crippen molar-refractivity contribution < 1.29 is 10.2 Å². The second-order valence-electron chi connectivity index (χ2n) is 8.16. The highest BCUT2D eigenvalue weighted by Crippen LogP contribution is 2.61. The standard InChI is InChI=1S/C21H28O2/c1-3-4-14-11-17-13(12-19(14)22)5-6-16-15(17)9-10-21(2)18(16)7-8-20(21)23/h3-4,11-12,15-16,18,20,22-23H,5-10H2,1-2H3/b4-3-/t15?,16?,18?,20-,21-/m0/s1. The zero-order chi connectivity index (χ0) is 16.2.